The molecular formula is C15H21N3O. The van der Waals surface area contributed by atoms with Crippen molar-refractivity contribution in [3.63, 3.8) is 0 Å². The Labute approximate surface area is 113 Å². The maximum atomic E-state index is 12.5. The SMILES string of the molecule is CCCN(CCC)C(=O)c1ccc2nc(C)[nH]c2c1. The van der Waals surface area contributed by atoms with Crippen molar-refractivity contribution in [1.82, 2.24) is 14.9 Å². The average molecular weight is 259 g/mol. The van der Waals surface area contributed by atoms with Crippen LogP contribution in [0.15, 0.2) is 18.2 Å². The summed E-state index contributed by atoms with van der Waals surface area (Å²) in [5.74, 6) is 0.983. The van der Waals surface area contributed by atoms with Crippen LogP contribution in [0, 0.1) is 6.92 Å². The van der Waals surface area contributed by atoms with Crippen LogP contribution in [0.1, 0.15) is 42.9 Å². The molecule has 0 aliphatic heterocycles. The van der Waals surface area contributed by atoms with Crippen LogP contribution in [0.2, 0.25) is 0 Å². The summed E-state index contributed by atoms with van der Waals surface area (Å²) in [6, 6.07) is 5.67. The molecule has 0 bridgehead atoms. The zero-order chi connectivity index (χ0) is 13.8. The molecule has 0 unspecified atom stereocenters. The van der Waals surface area contributed by atoms with Gasteiger partial charge in [-0.3, -0.25) is 4.79 Å². The molecular weight excluding hydrogens is 238 g/mol. The van der Waals surface area contributed by atoms with Gasteiger partial charge in [0.05, 0.1) is 11.0 Å². The average Bonchev–Trinajstić information content (AvgIpc) is 2.76. The van der Waals surface area contributed by atoms with Crippen LogP contribution in [-0.2, 0) is 0 Å². The molecule has 0 spiro atoms. The minimum atomic E-state index is 0.109. The van der Waals surface area contributed by atoms with Crippen LogP contribution in [0.5, 0.6) is 0 Å². The van der Waals surface area contributed by atoms with Gasteiger partial charge in [0, 0.05) is 18.7 Å². The number of carbonyl (C=O) groups excluding carboxylic acids is 1. The predicted octanol–water partition coefficient (Wildman–Crippen LogP) is 3.13. The highest BCUT2D eigenvalue weighted by molar-refractivity contribution is 5.97. The van der Waals surface area contributed by atoms with E-state index in [9.17, 15) is 4.79 Å². The fraction of sp³-hybridized carbons (Fsp3) is 0.467. The number of carbonyl (C=O) groups is 1. The maximum Gasteiger partial charge on any atom is 0.253 e. The van der Waals surface area contributed by atoms with Gasteiger partial charge in [-0.05, 0) is 38.0 Å². The molecule has 0 fully saturated rings. The van der Waals surface area contributed by atoms with Gasteiger partial charge >= 0.3 is 0 Å². The zero-order valence-corrected chi connectivity index (χ0v) is 11.9. The first-order valence-electron chi connectivity index (χ1n) is 6.91. The van der Waals surface area contributed by atoms with Gasteiger partial charge in [-0.25, -0.2) is 4.98 Å². The number of aromatic amines is 1. The molecule has 0 saturated carbocycles. The van der Waals surface area contributed by atoms with Crippen molar-refractivity contribution < 1.29 is 4.79 Å². The van der Waals surface area contributed by atoms with Gasteiger partial charge in [0.1, 0.15) is 5.82 Å². The molecule has 4 heteroatoms. The molecule has 0 aliphatic carbocycles. The van der Waals surface area contributed by atoms with Crippen molar-refractivity contribution in [2.75, 3.05) is 13.1 Å². The minimum Gasteiger partial charge on any atom is -0.342 e. The van der Waals surface area contributed by atoms with Crippen LogP contribution in [0.25, 0.3) is 11.0 Å². The van der Waals surface area contributed by atoms with E-state index >= 15 is 0 Å². The summed E-state index contributed by atoms with van der Waals surface area (Å²) in [6.45, 7) is 7.73. The Kier molecular flexibility index (Phi) is 4.20. The second kappa shape index (κ2) is 5.87. The highest BCUT2D eigenvalue weighted by Crippen LogP contribution is 2.15. The molecule has 0 saturated heterocycles. The molecule has 19 heavy (non-hydrogen) atoms. The van der Waals surface area contributed by atoms with E-state index in [2.05, 4.69) is 23.8 Å². The van der Waals surface area contributed by atoms with E-state index in [-0.39, 0.29) is 5.91 Å². The van der Waals surface area contributed by atoms with Gasteiger partial charge in [0.25, 0.3) is 5.91 Å². The van der Waals surface area contributed by atoms with Crippen LogP contribution in [0.4, 0.5) is 0 Å². The number of rotatable bonds is 5. The number of H-pyrrole nitrogens is 1. The minimum absolute atomic E-state index is 0.109. The lowest BCUT2D eigenvalue weighted by Gasteiger charge is -2.21. The molecule has 0 radical (unpaired) electrons. The van der Waals surface area contributed by atoms with E-state index in [0.717, 1.165) is 48.4 Å². The number of fused-ring (bicyclic) bond motifs is 1. The molecule has 1 N–H and O–H groups in total. The van der Waals surface area contributed by atoms with Crippen molar-refractivity contribution >= 4 is 16.9 Å². The number of hydrogen-bond acceptors (Lipinski definition) is 2. The number of imidazole rings is 1. The van der Waals surface area contributed by atoms with Crippen molar-refractivity contribution in [3.8, 4) is 0 Å². The van der Waals surface area contributed by atoms with E-state index in [4.69, 9.17) is 0 Å². The van der Waals surface area contributed by atoms with Crippen molar-refractivity contribution in [1.29, 1.82) is 0 Å². The van der Waals surface area contributed by atoms with Gasteiger partial charge in [-0.2, -0.15) is 0 Å². The Morgan fingerprint density at radius 1 is 1.26 bits per heavy atom. The van der Waals surface area contributed by atoms with E-state index in [0.29, 0.717) is 0 Å². The number of aryl methyl sites for hydroxylation is 1. The predicted molar refractivity (Wildman–Crippen MR) is 77.3 cm³/mol. The Morgan fingerprint density at radius 3 is 2.58 bits per heavy atom. The summed E-state index contributed by atoms with van der Waals surface area (Å²) in [7, 11) is 0. The number of amides is 1. The third kappa shape index (κ3) is 2.95. The molecule has 0 aliphatic rings. The number of aromatic nitrogens is 2. The summed E-state index contributed by atoms with van der Waals surface area (Å²) in [6.07, 6.45) is 1.97. The third-order valence-corrected chi connectivity index (χ3v) is 3.12. The Hall–Kier alpha value is -1.84. The highest BCUT2D eigenvalue weighted by atomic mass is 16.2. The lowest BCUT2D eigenvalue weighted by molar-refractivity contribution is 0.0755. The van der Waals surface area contributed by atoms with Crippen LogP contribution in [0.3, 0.4) is 0 Å². The fourth-order valence-electron chi connectivity index (χ4n) is 2.31. The largest absolute Gasteiger partial charge is 0.342 e. The number of benzene rings is 1. The summed E-state index contributed by atoms with van der Waals surface area (Å²) in [5, 5.41) is 0. The molecule has 4 nitrogen and oxygen atoms in total. The lowest BCUT2D eigenvalue weighted by atomic mass is 10.1. The smallest absolute Gasteiger partial charge is 0.253 e. The lowest BCUT2D eigenvalue weighted by Crippen LogP contribution is -2.32. The molecule has 1 amide bonds. The van der Waals surface area contributed by atoms with E-state index in [1.54, 1.807) is 0 Å². The van der Waals surface area contributed by atoms with Gasteiger partial charge in [-0.1, -0.05) is 13.8 Å². The quantitative estimate of drug-likeness (QED) is 0.896. The van der Waals surface area contributed by atoms with Crippen LogP contribution >= 0.6 is 0 Å². The van der Waals surface area contributed by atoms with Crippen molar-refractivity contribution in [2.24, 2.45) is 0 Å². The van der Waals surface area contributed by atoms with E-state index in [1.807, 2.05) is 30.0 Å². The monoisotopic (exact) mass is 259 g/mol. The number of nitrogens with zero attached hydrogens (tertiary/aromatic N) is 2. The van der Waals surface area contributed by atoms with Gasteiger partial charge in [0.15, 0.2) is 0 Å². The van der Waals surface area contributed by atoms with Gasteiger partial charge in [-0.15, -0.1) is 0 Å². The normalized spacial score (nSPS) is 10.9. The van der Waals surface area contributed by atoms with E-state index in [1.165, 1.54) is 0 Å². The van der Waals surface area contributed by atoms with Gasteiger partial charge < -0.3 is 9.88 Å². The summed E-state index contributed by atoms with van der Waals surface area (Å²) in [4.78, 5) is 21.9. The van der Waals surface area contributed by atoms with Crippen molar-refractivity contribution in [2.45, 2.75) is 33.6 Å². The Bertz CT molecular complexity index is 568. The molecule has 2 aromatic rings. The van der Waals surface area contributed by atoms with Gasteiger partial charge in [0.2, 0.25) is 0 Å². The first-order chi connectivity index (χ1) is 9.15. The number of nitrogens with one attached hydrogen (secondary N) is 1. The summed E-state index contributed by atoms with van der Waals surface area (Å²) >= 11 is 0. The fourth-order valence-corrected chi connectivity index (χ4v) is 2.31. The summed E-state index contributed by atoms with van der Waals surface area (Å²) < 4.78 is 0. The maximum absolute atomic E-state index is 12.5. The molecule has 1 heterocycles. The van der Waals surface area contributed by atoms with Crippen LogP contribution < -0.4 is 0 Å². The topological polar surface area (TPSA) is 49.0 Å². The second-order valence-corrected chi connectivity index (χ2v) is 4.85. The standard InChI is InChI=1S/C15H21N3O/c1-4-8-18(9-5-2)15(19)12-6-7-13-14(10-12)17-11(3)16-13/h6-7,10H,4-5,8-9H2,1-3H3,(H,16,17). The van der Waals surface area contributed by atoms with Crippen molar-refractivity contribution in [3.05, 3.63) is 29.6 Å². The molecule has 0 atom stereocenters. The molecule has 102 valence electrons. The molecule has 1 aromatic carbocycles. The van der Waals surface area contributed by atoms with Crippen LogP contribution in [-0.4, -0.2) is 33.9 Å². The second-order valence-electron chi connectivity index (χ2n) is 4.85. The highest BCUT2D eigenvalue weighted by Gasteiger charge is 2.15. The molecule has 2 rings (SSSR count). The first kappa shape index (κ1) is 13.6. The third-order valence-electron chi connectivity index (χ3n) is 3.12. The summed E-state index contributed by atoms with van der Waals surface area (Å²) in [5.41, 5.74) is 2.57. The van der Waals surface area contributed by atoms with E-state index < -0.39 is 0 Å². The Balaban J connectivity index is 2.28. The zero-order valence-electron chi connectivity index (χ0n) is 11.9. The Morgan fingerprint density at radius 2 is 1.95 bits per heavy atom. The first-order valence-corrected chi connectivity index (χ1v) is 6.91. The number of hydrogen-bond donors (Lipinski definition) is 1. The molecule has 1 aromatic heterocycles.